The smallest absolute Gasteiger partial charge is 0.171 e. The number of aromatic nitrogens is 3. The van der Waals surface area contributed by atoms with E-state index in [1.807, 2.05) is 24.3 Å². The van der Waals surface area contributed by atoms with Gasteiger partial charge in [0.05, 0.1) is 13.2 Å². The van der Waals surface area contributed by atoms with Crippen molar-refractivity contribution in [1.29, 1.82) is 0 Å². The fraction of sp³-hybridized carbons (Fsp3) is 0.429. The monoisotopic (exact) mass is 274 g/mol. The van der Waals surface area contributed by atoms with Crippen LogP contribution in [-0.4, -0.2) is 28.9 Å². The third-order valence-corrected chi connectivity index (χ3v) is 3.49. The Kier molecular flexibility index (Phi) is 3.66. The summed E-state index contributed by atoms with van der Waals surface area (Å²) in [5.41, 5.74) is 7.13. The van der Waals surface area contributed by atoms with Crippen LogP contribution in [0.25, 0.3) is 0 Å². The lowest BCUT2D eigenvalue weighted by Crippen LogP contribution is -2.14. The van der Waals surface area contributed by atoms with E-state index in [-0.39, 0.29) is 12.1 Å². The molecule has 0 radical (unpaired) electrons. The number of benzene rings is 1. The summed E-state index contributed by atoms with van der Waals surface area (Å²) in [6.45, 7) is 0.780. The first kappa shape index (κ1) is 13.1. The second kappa shape index (κ2) is 5.60. The number of methoxy groups -OCH3 is 1. The third kappa shape index (κ3) is 2.52. The van der Waals surface area contributed by atoms with Gasteiger partial charge in [0, 0.05) is 6.61 Å². The van der Waals surface area contributed by atoms with E-state index in [2.05, 4.69) is 15.2 Å². The van der Waals surface area contributed by atoms with Gasteiger partial charge in [-0.3, -0.25) is 5.10 Å². The van der Waals surface area contributed by atoms with E-state index >= 15 is 0 Å². The van der Waals surface area contributed by atoms with Crippen LogP contribution in [0.4, 0.5) is 0 Å². The van der Waals surface area contributed by atoms with Gasteiger partial charge >= 0.3 is 0 Å². The lowest BCUT2D eigenvalue weighted by atomic mass is 10.1. The van der Waals surface area contributed by atoms with Gasteiger partial charge in [-0.2, -0.15) is 5.10 Å². The van der Waals surface area contributed by atoms with Gasteiger partial charge in [0.25, 0.3) is 0 Å². The number of H-pyrrole nitrogens is 1. The van der Waals surface area contributed by atoms with Crippen molar-refractivity contribution in [1.82, 2.24) is 15.2 Å². The Morgan fingerprint density at radius 2 is 2.40 bits per heavy atom. The largest absolute Gasteiger partial charge is 0.497 e. The zero-order valence-corrected chi connectivity index (χ0v) is 11.4. The maximum absolute atomic E-state index is 6.21. The predicted molar refractivity (Wildman–Crippen MR) is 73.3 cm³/mol. The molecule has 0 spiro atoms. The predicted octanol–water partition coefficient (Wildman–Crippen LogP) is 1.71. The molecule has 2 heterocycles. The van der Waals surface area contributed by atoms with Crippen molar-refractivity contribution in [2.45, 2.75) is 25.0 Å². The molecular weight excluding hydrogens is 256 g/mol. The first-order valence-corrected chi connectivity index (χ1v) is 6.71. The van der Waals surface area contributed by atoms with Gasteiger partial charge in [-0.05, 0) is 30.5 Å². The molecule has 1 aliphatic heterocycles. The Labute approximate surface area is 117 Å². The fourth-order valence-electron chi connectivity index (χ4n) is 2.35. The number of aromatic amines is 1. The average Bonchev–Trinajstić information content (AvgIpc) is 3.17. The molecule has 6 heteroatoms. The van der Waals surface area contributed by atoms with Crippen molar-refractivity contribution in [3.63, 3.8) is 0 Å². The molecule has 1 fully saturated rings. The van der Waals surface area contributed by atoms with Crippen LogP contribution >= 0.6 is 0 Å². The highest BCUT2D eigenvalue weighted by molar-refractivity contribution is 5.32. The average molecular weight is 274 g/mol. The van der Waals surface area contributed by atoms with E-state index in [9.17, 15) is 0 Å². The molecule has 0 amide bonds. The molecule has 20 heavy (non-hydrogen) atoms. The van der Waals surface area contributed by atoms with Crippen LogP contribution in [0.5, 0.6) is 5.75 Å². The number of nitrogens with two attached hydrogens (primary N) is 1. The Morgan fingerprint density at radius 1 is 1.50 bits per heavy atom. The van der Waals surface area contributed by atoms with Crippen molar-refractivity contribution in [3.8, 4) is 5.75 Å². The quantitative estimate of drug-likeness (QED) is 0.886. The zero-order chi connectivity index (χ0) is 13.9. The second-order valence-electron chi connectivity index (χ2n) is 4.83. The Balaban J connectivity index is 1.80. The van der Waals surface area contributed by atoms with Gasteiger partial charge in [0.15, 0.2) is 11.6 Å². The molecule has 0 aliphatic carbocycles. The van der Waals surface area contributed by atoms with E-state index in [0.717, 1.165) is 36.6 Å². The third-order valence-electron chi connectivity index (χ3n) is 3.49. The molecule has 1 aliphatic rings. The zero-order valence-electron chi connectivity index (χ0n) is 11.4. The summed E-state index contributed by atoms with van der Waals surface area (Å²) in [4.78, 5) is 4.47. The van der Waals surface area contributed by atoms with Gasteiger partial charge in [-0.25, -0.2) is 4.98 Å². The maximum Gasteiger partial charge on any atom is 0.171 e. The molecule has 3 N–H and O–H groups in total. The molecule has 1 saturated heterocycles. The van der Waals surface area contributed by atoms with Gasteiger partial charge in [-0.1, -0.05) is 12.1 Å². The van der Waals surface area contributed by atoms with Crippen molar-refractivity contribution in [2.75, 3.05) is 13.7 Å². The number of hydrogen-bond acceptors (Lipinski definition) is 5. The van der Waals surface area contributed by atoms with Crippen molar-refractivity contribution in [2.24, 2.45) is 5.73 Å². The lowest BCUT2D eigenvalue weighted by molar-refractivity contribution is 0.105. The Morgan fingerprint density at radius 3 is 3.15 bits per heavy atom. The molecule has 2 atom stereocenters. The molecule has 1 aromatic carbocycles. The van der Waals surface area contributed by atoms with Gasteiger partial charge in [0.1, 0.15) is 11.9 Å². The summed E-state index contributed by atoms with van der Waals surface area (Å²) in [5, 5.41) is 7.14. The molecule has 6 nitrogen and oxygen atoms in total. The highest BCUT2D eigenvalue weighted by Crippen LogP contribution is 2.27. The molecule has 1 aromatic heterocycles. The van der Waals surface area contributed by atoms with Crippen LogP contribution in [0.3, 0.4) is 0 Å². The number of nitrogens with one attached hydrogen (secondary N) is 1. The molecule has 0 saturated carbocycles. The summed E-state index contributed by atoms with van der Waals surface area (Å²) in [6, 6.07) is 7.24. The summed E-state index contributed by atoms with van der Waals surface area (Å²) >= 11 is 0. The van der Waals surface area contributed by atoms with E-state index in [1.54, 1.807) is 7.11 Å². The summed E-state index contributed by atoms with van der Waals surface area (Å²) in [7, 11) is 1.63. The first-order chi connectivity index (χ1) is 9.78. The fourth-order valence-corrected chi connectivity index (χ4v) is 2.35. The first-order valence-electron chi connectivity index (χ1n) is 6.71. The Hall–Kier alpha value is -1.92. The molecule has 2 aromatic rings. The van der Waals surface area contributed by atoms with Gasteiger partial charge in [-0.15, -0.1) is 0 Å². The topological polar surface area (TPSA) is 86.0 Å². The van der Waals surface area contributed by atoms with Crippen molar-refractivity contribution < 1.29 is 9.47 Å². The van der Waals surface area contributed by atoms with E-state index in [0.29, 0.717) is 5.82 Å². The van der Waals surface area contributed by atoms with E-state index < -0.39 is 0 Å². The molecule has 3 rings (SSSR count). The van der Waals surface area contributed by atoms with Crippen molar-refractivity contribution >= 4 is 0 Å². The number of rotatable bonds is 4. The SMILES string of the molecule is COc1cccc([C@@H](N)c2n[nH]c([C@@H]3CCCO3)n2)c1. The molecule has 0 bridgehead atoms. The van der Waals surface area contributed by atoms with Crippen LogP contribution in [0.15, 0.2) is 24.3 Å². The van der Waals surface area contributed by atoms with Gasteiger partial charge < -0.3 is 15.2 Å². The summed E-state index contributed by atoms with van der Waals surface area (Å²) in [5.74, 6) is 2.10. The standard InChI is InChI=1S/C14H18N4O2/c1-19-10-5-2-4-9(8-10)12(15)14-16-13(17-18-14)11-6-3-7-20-11/h2,4-5,8,11-12H,3,6-7,15H2,1H3,(H,16,17,18)/t11-,12+/m0/s1. The molecular formula is C14H18N4O2. The van der Waals surface area contributed by atoms with Crippen molar-refractivity contribution in [3.05, 3.63) is 41.5 Å². The molecule has 106 valence electrons. The van der Waals surface area contributed by atoms with Gasteiger partial charge in [0.2, 0.25) is 0 Å². The molecule has 0 unspecified atom stereocenters. The minimum absolute atomic E-state index is 0.0220. The second-order valence-corrected chi connectivity index (χ2v) is 4.83. The van der Waals surface area contributed by atoms with Crippen LogP contribution in [0.1, 0.15) is 42.2 Å². The number of hydrogen-bond donors (Lipinski definition) is 2. The van der Waals surface area contributed by atoms with Crippen LogP contribution < -0.4 is 10.5 Å². The minimum atomic E-state index is -0.378. The highest BCUT2D eigenvalue weighted by atomic mass is 16.5. The van der Waals surface area contributed by atoms with E-state index in [4.69, 9.17) is 15.2 Å². The number of ether oxygens (including phenoxy) is 2. The van der Waals surface area contributed by atoms with Crippen LogP contribution in [0.2, 0.25) is 0 Å². The lowest BCUT2D eigenvalue weighted by Gasteiger charge is -2.09. The Bertz CT molecular complexity index is 578. The number of nitrogens with zero attached hydrogens (tertiary/aromatic N) is 2. The van der Waals surface area contributed by atoms with Crippen LogP contribution in [0, 0.1) is 0 Å². The highest BCUT2D eigenvalue weighted by Gasteiger charge is 2.23. The summed E-state index contributed by atoms with van der Waals surface area (Å²) in [6.07, 6.45) is 2.06. The van der Waals surface area contributed by atoms with Crippen LogP contribution in [-0.2, 0) is 4.74 Å². The minimum Gasteiger partial charge on any atom is -0.497 e. The maximum atomic E-state index is 6.21. The van der Waals surface area contributed by atoms with E-state index in [1.165, 1.54) is 0 Å². The summed E-state index contributed by atoms with van der Waals surface area (Å²) < 4.78 is 10.8. The normalized spacial score (nSPS) is 20.0.